The molecule has 126 valence electrons. The zero-order chi connectivity index (χ0) is 17.5. The molecule has 2 N–H and O–H groups in total. The topological polar surface area (TPSA) is 66.6 Å². The van der Waals surface area contributed by atoms with Crippen molar-refractivity contribution in [3.05, 3.63) is 48.7 Å². The molecule has 0 saturated heterocycles. The van der Waals surface area contributed by atoms with E-state index in [1.165, 1.54) is 0 Å². The van der Waals surface area contributed by atoms with Crippen molar-refractivity contribution in [2.45, 2.75) is 0 Å². The number of methoxy groups -OCH3 is 2. The van der Waals surface area contributed by atoms with Gasteiger partial charge in [0.05, 0.1) is 19.7 Å². The van der Waals surface area contributed by atoms with Gasteiger partial charge in [0, 0.05) is 23.3 Å². The van der Waals surface area contributed by atoms with Crippen LogP contribution in [0.3, 0.4) is 0 Å². The number of hydrogen-bond acceptors (Lipinski definition) is 6. The maximum atomic E-state index is 5.93. The first kappa shape index (κ1) is 17.7. The summed E-state index contributed by atoms with van der Waals surface area (Å²) in [4.78, 5) is 4.35. The molecule has 24 heavy (non-hydrogen) atoms. The summed E-state index contributed by atoms with van der Waals surface area (Å²) in [5, 5.41) is 0.844. The largest absolute Gasteiger partial charge is 0.493 e. The van der Waals surface area contributed by atoms with Crippen LogP contribution < -0.4 is 19.9 Å². The highest BCUT2D eigenvalue weighted by Gasteiger charge is 2.11. The van der Waals surface area contributed by atoms with E-state index in [1.54, 1.807) is 38.8 Å². The standard InChI is InChI=1S/C17H16N2O3.CH4S/c1-20-16-9-13-14(10-17(16)21-2)19-8-7-15(13)22-12-5-3-11(18)4-6-12;1-2/h3-10H,18H2,1-2H3;2H,1H3. The van der Waals surface area contributed by atoms with Crippen LogP contribution in [0.1, 0.15) is 0 Å². The van der Waals surface area contributed by atoms with Crippen molar-refractivity contribution in [1.29, 1.82) is 0 Å². The Morgan fingerprint density at radius 3 is 2.12 bits per heavy atom. The first-order valence-electron chi connectivity index (χ1n) is 7.20. The van der Waals surface area contributed by atoms with Gasteiger partial charge in [0.1, 0.15) is 11.5 Å². The van der Waals surface area contributed by atoms with Crippen LogP contribution in [0.15, 0.2) is 48.7 Å². The monoisotopic (exact) mass is 344 g/mol. The molecule has 0 bridgehead atoms. The predicted octanol–water partition coefficient (Wildman–Crippen LogP) is 4.17. The summed E-state index contributed by atoms with van der Waals surface area (Å²) >= 11 is 3.53. The van der Waals surface area contributed by atoms with Crippen LogP contribution in [0.25, 0.3) is 10.9 Å². The van der Waals surface area contributed by atoms with Gasteiger partial charge in [0.2, 0.25) is 0 Å². The zero-order valence-corrected chi connectivity index (χ0v) is 14.7. The summed E-state index contributed by atoms with van der Waals surface area (Å²) < 4.78 is 16.6. The highest BCUT2D eigenvalue weighted by molar-refractivity contribution is 7.79. The van der Waals surface area contributed by atoms with Crippen LogP contribution in [0.4, 0.5) is 5.69 Å². The van der Waals surface area contributed by atoms with Crippen molar-refractivity contribution in [2.75, 3.05) is 26.2 Å². The third kappa shape index (κ3) is 3.83. The van der Waals surface area contributed by atoms with Crippen LogP contribution in [0.2, 0.25) is 0 Å². The molecule has 0 fully saturated rings. The second-order valence-corrected chi connectivity index (χ2v) is 4.70. The third-order valence-corrected chi connectivity index (χ3v) is 3.31. The van der Waals surface area contributed by atoms with Crippen molar-refractivity contribution in [3.8, 4) is 23.0 Å². The lowest BCUT2D eigenvalue weighted by Gasteiger charge is -2.12. The maximum Gasteiger partial charge on any atom is 0.162 e. The molecule has 0 aliphatic rings. The van der Waals surface area contributed by atoms with Gasteiger partial charge in [0.15, 0.2) is 11.5 Å². The van der Waals surface area contributed by atoms with E-state index in [2.05, 4.69) is 17.6 Å². The molecule has 2 aromatic carbocycles. The Bertz CT molecular complexity index is 807. The second-order valence-electron chi connectivity index (χ2n) is 4.70. The summed E-state index contributed by atoms with van der Waals surface area (Å²) in [5.74, 6) is 2.66. The number of thiol groups is 1. The van der Waals surface area contributed by atoms with Gasteiger partial charge < -0.3 is 19.9 Å². The van der Waals surface area contributed by atoms with Crippen LogP contribution in [0, 0.1) is 0 Å². The number of pyridine rings is 1. The number of aromatic nitrogens is 1. The van der Waals surface area contributed by atoms with Crippen molar-refractivity contribution >= 4 is 29.2 Å². The molecule has 0 atom stereocenters. The van der Waals surface area contributed by atoms with Crippen LogP contribution in [0.5, 0.6) is 23.0 Å². The summed E-state index contributed by atoms with van der Waals surface area (Å²) in [7, 11) is 3.19. The van der Waals surface area contributed by atoms with E-state index in [1.807, 2.05) is 30.3 Å². The molecule has 0 amide bonds. The van der Waals surface area contributed by atoms with E-state index in [0.29, 0.717) is 28.7 Å². The fourth-order valence-electron chi connectivity index (χ4n) is 2.20. The van der Waals surface area contributed by atoms with Gasteiger partial charge in [-0.25, -0.2) is 0 Å². The molecule has 0 aliphatic heterocycles. The zero-order valence-electron chi connectivity index (χ0n) is 13.8. The number of hydrogen-bond donors (Lipinski definition) is 2. The van der Waals surface area contributed by atoms with Crippen molar-refractivity contribution in [3.63, 3.8) is 0 Å². The molecule has 0 aliphatic carbocycles. The number of anilines is 1. The summed E-state index contributed by atoms with van der Waals surface area (Å²) in [6, 6.07) is 12.7. The quantitative estimate of drug-likeness (QED) is 0.549. The molecule has 1 aromatic heterocycles. The molecule has 0 saturated carbocycles. The summed E-state index contributed by atoms with van der Waals surface area (Å²) in [5.41, 5.74) is 7.15. The van der Waals surface area contributed by atoms with E-state index in [9.17, 15) is 0 Å². The van der Waals surface area contributed by atoms with E-state index < -0.39 is 0 Å². The van der Waals surface area contributed by atoms with Gasteiger partial charge in [-0.1, -0.05) is 0 Å². The normalized spacial score (nSPS) is 9.83. The molecule has 0 spiro atoms. The SMILES string of the molecule is COc1cc2nccc(Oc3ccc(N)cc3)c2cc1OC.CS. The fourth-order valence-corrected chi connectivity index (χ4v) is 2.20. The van der Waals surface area contributed by atoms with Crippen molar-refractivity contribution in [2.24, 2.45) is 0 Å². The van der Waals surface area contributed by atoms with E-state index in [0.717, 1.165) is 10.9 Å². The van der Waals surface area contributed by atoms with Gasteiger partial charge in [-0.2, -0.15) is 12.6 Å². The lowest BCUT2D eigenvalue weighted by atomic mass is 10.2. The molecule has 3 rings (SSSR count). The van der Waals surface area contributed by atoms with Gasteiger partial charge >= 0.3 is 0 Å². The first-order valence-corrected chi connectivity index (χ1v) is 8.09. The smallest absolute Gasteiger partial charge is 0.162 e. The van der Waals surface area contributed by atoms with Gasteiger partial charge in [-0.05, 0) is 42.7 Å². The Morgan fingerprint density at radius 1 is 0.875 bits per heavy atom. The lowest BCUT2D eigenvalue weighted by molar-refractivity contribution is 0.355. The minimum absolute atomic E-state index is 0.630. The highest BCUT2D eigenvalue weighted by atomic mass is 32.1. The van der Waals surface area contributed by atoms with Gasteiger partial charge in [0.25, 0.3) is 0 Å². The molecule has 0 radical (unpaired) electrons. The molecular formula is C18H20N2O3S. The third-order valence-electron chi connectivity index (χ3n) is 3.31. The van der Waals surface area contributed by atoms with Crippen LogP contribution >= 0.6 is 12.6 Å². The van der Waals surface area contributed by atoms with E-state index >= 15 is 0 Å². The number of nitrogens with zero attached hydrogens (tertiary/aromatic N) is 1. The highest BCUT2D eigenvalue weighted by Crippen LogP contribution is 2.36. The summed E-state index contributed by atoms with van der Waals surface area (Å²) in [6.07, 6.45) is 3.39. The maximum absolute atomic E-state index is 5.93. The molecular weight excluding hydrogens is 324 g/mol. The predicted molar refractivity (Wildman–Crippen MR) is 101 cm³/mol. The number of nitrogens with two attached hydrogens (primary N) is 1. The van der Waals surface area contributed by atoms with E-state index in [-0.39, 0.29) is 0 Å². The van der Waals surface area contributed by atoms with Crippen LogP contribution in [-0.2, 0) is 0 Å². The Balaban J connectivity index is 0.00000100. The minimum Gasteiger partial charge on any atom is -0.493 e. The Labute approximate surface area is 146 Å². The Kier molecular flexibility index (Phi) is 6.14. The summed E-state index contributed by atoms with van der Waals surface area (Å²) in [6.45, 7) is 0. The van der Waals surface area contributed by atoms with Gasteiger partial charge in [-0.3, -0.25) is 4.98 Å². The molecule has 1 heterocycles. The average Bonchev–Trinajstić information content (AvgIpc) is 2.64. The Morgan fingerprint density at radius 2 is 1.50 bits per heavy atom. The minimum atomic E-state index is 0.630. The lowest BCUT2D eigenvalue weighted by Crippen LogP contribution is -1.93. The van der Waals surface area contributed by atoms with Gasteiger partial charge in [-0.15, -0.1) is 0 Å². The number of nitrogen functional groups attached to an aromatic ring is 1. The number of ether oxygens (including phenoxy) is 3. The second kappa shape index (κ2) is 8.31. The molecule has 3 aromatic rings. The average molecular weight is 344 g/mol. The van der Waals surface area contributed by atoms with Crippen LogP contribution in [-0.4, -0.2) is 25.5 Å². The fraction of sp³-hybridized carbons (Fsp3) is 0.167. The number of fused-ring (bicyclic) bond motifs is 1. The van der Waals surface area contributed by atoms with E-state index in [4.69, 9.17) is 19.9 Å². The van der Waals surface area contributed by atoms with Crippen molar-refractivity contribution in [1.82, 2.24) is 4.98 Å². The number of rotatable bonds is 4. The first-order chi connectivity index (χ1) is 11.7. The number of benzene rings is 2. The van der Waals surface area contributed by atoms with Crippen molar-refractivity contribution < 1.29 is 14.2 Å². The molecule has 0 unspecified atom stereocenters. The molecule has 5 nitrogen and oxygen atoms in total. The molecule has 6 heteroatoms. The Hall–Kier alpha value is -2.60.